The number of hydrogen-bond acceptors (Lipinski definition) is 3. The Morgan fingerprint density at radius 1 is 1.26 bits per heavy atom. The topological polar surface area (TPSA) is 50.4 Å². The molecule has 2 aliphatic rings. The molecule has 1 aromatic rings. The molecule has 0 saturated heterocycles. The van der Waals surface area contributed by atoms with Crippen LogP contribution in [0, 0.1) is 5.41 Å². The van der Waals surface area contributed by atoms with Crippen molar-refractivity contribution in [2.24, 2.45) is 5.41 Å². The zero-order chi connectivity index (χ0) is 15.4. The monoisotopic (exact) mass is 338 g/mol. The molecule has 0 bridgehead atoms. The largest absolute Gasteiger partial charge is 0.385 e. The van der Waals surface area contributed by atoms with Gasteiger partial charge in [-0.25, -0.2) is 0 Å². The van der Waals surface area contributed by atoms with Gasteiger partial charge in [0, 0.05) is 33.4 Å². The van der Waals surface area contributed by atoms with E-state index in [1.807, 2.05) is 0 Å². The molecule has 1 amide bonds. The molecule has 4 nitrogen and oxygen atoms in total. The molecule has 3 rings (SSSR count). The lowest BCUT2D eigenvalue weighted by Crippen LogP contribution is -2.39. The zero-order valence-electron chi connectivity index (χ0n) is 13.8. The first-order valence-electron chi connectivity index (χ1n) is 8.32. The molecule has 5 heteroatoms. The van der Waals surface area contributed by atoms with Crippen molar-refractivity contribution < 1.29 is 9.53 Å². The number of amides is 1. The van der Waals surface area contributed by atoms with E-state index < -0.39 is 0 Å². The summed E-state index contributed by atoms with van der Waals surface area (Å²) in [5, 5.41) is 6.52. The minimum atomic E-state index is -0.200. The van der Waals surface area contributed by atoms with E-state index in [2.05, 4.69) is 28.8 Å². The first-order chi connectivity index (χ1) is 10.7. The third kappa shape index (κ3) is 4.06. The third-order valence-corrected chi connectivity index (χ3v) is 5.18. The van der Waals surface area contributed by atoms with Gasteiger partial charge in [0.2, 0.25) is 5.91 Å². The van der Waals surface area contributed by atoms with Gasteiger partial charge in [0.25, 0.3) is 0 Å². The minimum absolute atomic E-state index is 0. The number of methoxy groups -OCH3 is 1. The van der Waals surface area contributed by atoms with Crippen molar-refractivity contribution in [1.29, 1.82) is 0 Å². The summed E-state index contributed by atoms with van der Waals surface area (Å²) in [6.45, 7) is 3.19. The highest BCUT2D eigenvalue weighted by molar-refractivity contribution is 5.85. The number of rotatable bonds is 6. The van der Waals surface area contributed by atoms with E-state index in [-0.39, 0.29) is 23.7 Å². The summed E-state index contributed by atoms with van der Waals surface area (Å²) in [4.78, 5) is 12.7. The normalized spacial score (nSPS) is 18.3. The van der Waals surface area contributed by atoms with Crippen LogP contribution in [0.25, 0.3) is 0 Å². The lowest BCUT2D eigenvalue weighted by atomic mass is 9.82. The molecule has 0 aromatic heterocycles. The molecular formula is C18H27ClN2O2. The van der Waals surface area contributed by atoms with Gasteiger partial charge in [-0.05, 0) is 36.0 Å². The van der Waals surface area contributed by atoms with Crippen LogP contribution in [0.2, 0.25) is 0 Å². The Morgan fingerprint density at radius 2 is 2.00 bits per heavy atom. The van der Waals surface area contributed by atoms with Crippen molar-refractivity contribution in [1.82, 2.24) is 10.6 Å². The number of benzene rings is 1. The van der Waals surface area contributed by atoms with E-state index >= 15 is 0 Å². The van der Waals surface area contributed by atoms with Crippen LogP contribution in [0.4, 0.5) is 0 Å². The van der Waals surface area contributed by atoms with Crippen LogP contribution < -0.4 is 10.6 Å². The summed E-state index contributed by atoms with van der Waals surface area (Å²) >= 11 is 0. The fourth-order valence-corrected chi connectivity index (χ4v) is 3.77. The quantitative estimate of drug-likeness (QED) is 0.838. The Morgan fingerprint density at radius 3 is 2.74 bits per heavy atom. The average molecular weight is 339 g/mol. The molecule has 1 fully saturated rings. The smallest absolute Gasteiger partial charge is 0.226 e. The van der Waals surface area contributed by atoms with E-state index in [9.17, 15) is 4.79 Å². The van der Waals surface area contributed by atoms with Gasteiger partial charge < -0.3 is 15.4 Å². The van der Waals surface area contributed by atoms with Gasteiger partial charge in [-0.15, -0.1) is 12.4 Å². The van der Waals surface area contributed by atoms with Gasteiger partial charge in [-0.2, -0.15) is 0 Å². The van der Waals surface area contributed by atoms with Crippen molar-refractivity contribution in [3.8, 4) is 0 Å². The predicted molar refractivity (Wildman–Crippen MR) is 93.5 cm³/mol. The Kier molecular flexibility index (Phi) is 6.45. The van der Waals surface area contributed by atoms with Crippen molar-refractivity contribution in [2.45, 2.75) is 51.7 Å². The molecule has 128 valence electrons. The van der Waals surface area contributed by atoms with Crippen LogP contribution in [-0.2, 0) is 29.2 Å². The van der Waals surface area contributed by atoms with Crippen LogP contribution in [-0.4, -0.2) is 19.6 Å². The highest BCUT2D eigenvalue weighted by Gasteiger charge is 2.40. The van der Waals surface area contributed by atoms with E-state index in [1.54, 1.807) is 7.11 Å². The second kappa shape index (κ2) is 8.13. The maximum Gasteiger partial charge on any atom is 0.226 e. The maximum absolute atomic E-state index is 12.7. The van der Waals surface area contributed by atoms with Gasteiger partial charge >= 0.3 is 0 Å². The molecular weight excluding hydrogens is 312 g/mol. The molecule has 1 heterocycles. The first kappa shape index (κ1) is 18.2. The first-order valence-corrected chi connectivity index (χ1v) is 8.32. The van der Waals surface area contributed by atoms with Crippen molar-refractivity contribution in [3.05, 3.63) is 34.9 Å². The summed E-state index contributed by atoms with van der Waals surface area (Å²) < 4.78 is 5.21. The van der Waals surface area contributed by atoms with Crippen molar-refractivity contribution in [2.75, 3.05) is 13.7 Å². The van der Waals surface area contributed by atoms with Crippen LogP contribution in [0.5, 0.6) is 0 Å². The Balaban J connectivity index is 0.00000192. The molecule has 1 aliphatic carbocycles. The summed E-state index contributed by atoms with van der Waals surface area (Å²) in [5.74, 6) is 0.209. The molecule has 23 heavy (non-hydrogen) atoms. The van der Waals surface area contributed by atoms with E-state index in [0.717, 1.165) is 45.2 Å². The Bertz CT molecular complexity index is 542. The SMILES string of the molecule is COCCC1(C(=O)NCc2ccc3c(c2)CNC3)CCCC1.Cl. The van der Waals surface area contributed by atoms with Crippen LogP contribution in [0.3, 0.4) is 0 Å². The van der Waals surface area contributed by atoms with E-state index in [0.29, 0.717) is 13.2 Å². The number of carbonyl (C=O) groups is 1. The molecule has 0 atom stereocenters. The number of nitrogens with one attached hydrogen (secondary N) is 2. The molecule has 1 saturated carbocycles. The Labute approximate surface area is 144 Å². The van der Waals surface area contributed by atoms with Gasteiger partial charge in [-0.1, -0.05) is 31.0 Å². The number of halogens is 1. The summed E-state index contributed by atoms with van der Waals surface area (Å²) in [5.41, 5.74) is 3.73. The van der Waals surface area contributed by atoms with E-state index in [1.165, 1.54) is 16.7 Å². The third-order valence-electron chi connectivity index (χ3n) is 5.18. The second-order valence-electron chi connectivity index (χ2n) is 6.62. The molecule has 0 unspecified atom stereocenters. The minimum Gasteiger partial charge on any atom is -0.385 e. The summed E-state index contributed by atoms with van der Waals surface area (Å²) in [6.07, 6.45) is 5.14. The van der Waals surface area contributed by atoms with Crippen LogP contribution >= 0.6 is 12.4 Å². The molecule has 1 aliphatic heterocycles. The number of hydrogen-bond donors (Lipinski definition) is 2. The maximum atomic E-state index is 12.7. The second-order valence-corrected chi connectivity index (χ2v) is 6.62. The predicted octanol–water partition coefficient (Wildman–Crippen LogP) is 2.92. The van der Waals surface area contributed by atoms with Gasteiger partial charge in [0.1, 0.15) is 0 Å². The van der Waals surface area contributed by atoms with Crippen molar-refractivity contribution >= 4 is 18.3 Å². The fourth-order valence-electron chi connectivity index (χ4n) is 3.77. The standard InChI is InChI=1S/C18H26N2O2.ClH/c1-22-9-8-18(6-2-3-7-18)17(21)20-11-14-4-5-15-12-19-13-16(15)10-14;/h4-5,10,19H,2-3,6-9,11-13H2,1H3,(H,20,21);1H. The van der Waals surface area contributed by atoms with Gasteiger partial charge in [-0.3, -0.25) is 4.79 Å². The molecule has 2 N–H and O–H groups in total. The number of fused-ring (bicyclic) bond motifs is 1. The van der Waals surface area contributed by atoms with Crippen LogP contribution in [0.15, 0.2) is 18.2 Å². The summed E-state index contributed by atoms with van der Waals surface area (Å²) in [7, 11) is 1.71. The number of carbonyl (C=O) groups excluding carboxylic acids is 1. The molecule has 1 aromatic carbocycles. The fraction of sp³-hybridized carbons (Fsp3) is 0.611. The van der Waals surface area contributed by atoms with Crippen LogP contribution in [0.1, 0.15) is 48.8 Å². The Hall–Kier alpha value is -1.10. The van der Waals surface area contributed by atoms with Crippen molar-refractivity contribution in [3.63, 3.8) is 0 Å². The van der Waals surface area contributed by atoms with Gasteiger partial charge in [0.15, 0.2) is 0 Å². The lowest BCUT2D eigenvalue weighted by molar-refractivity contribution is -0.132. The zero-order valence-corrected chi connectivity index (χ0v) is 14.6. The summed E-state index contributed by atoms with van der Waals surface area (Å²) in [6, 6.07) is 6.52. The molecule has 0 radical (unpaired) electrons. The lowest BCUT2D eigenvalue weighted by Gasteiger charge is -2.27. The molecule has 0 spiro atoms. The number of ether oxygens (including phenoxy) is 1. The highest BCUT2D eigenvalue weighted by Crippen LogP contribution is 2.41. The van der Waals surface area contributed by atoms with Gasteiger partial charge in [0.05, 0.1) is 5.41 Å². The highest BCUT2D eigenvalue weighted by atomic mass is 35.5. The van der Waals surface area contributed by atoms with E-state index in [4.69, 9.17) is 4.74 Å². The average Bonchev–Trinajstić information content (AvgIpc) is 3.19.